The molecule has 2 rings (SSSR count). The summed E-state index contributed by atoms with van der Waals surface area (Å²) in [4.78, 5) is 8.19. The zero-order valence-corrected chi connectivity index (χ0v) is 12.4. The summed E-state index contributed by atoms with van der Waals surface area (Å²) < 4.78 is 5.44. The summed E-state index contributed by atoms with van der Waals surface area (Å²) in [5, 5.41) is 4.15. The predicted molar refractivity (Wildman–Crippen MR) is 80.2 cm³/mol. The maximum Gasteiger partial charge on any atom is 0.125 e. The first-order valence-corrected chi connectivity index (χ1v) is 6.95. The normalized spacial score (nSPS) is 12.2. The third-order valence-electron chi connectivity index (χ3n) is 3.02. The van der Waals surface area contributed by atoms with Crippen LogP contribution in [0, 0.1) is 0 Å². The average molecular weight is 292 g/mol. The van der Waals surface area contributed by atoms with Crippen LogP contribution in [0.2, 0.25) is 5.02 Å². The number of methoxy groups -OCH3 is 1. The number of rotatable bonds is 6. The lowest BCUT2D eigenvalue weighted by molar-refractivity contribution is 0.403. The minimum atomic E-state index is -0.0108. The molecule has 0 fully saturated rings. The summed E-state index contributed by atoms with van der Waals surface area (Å²) in [6.07, 6.45) is 6.20. The third kappa shape index (κ3) is 3.46. The number of aromatic nitrogens is 2. The third-order valence-corrected chi connectivity index (χ3v) is 3.25. The highest BCUT2D eigenvalue weighted by Crippen LogP contribution is 2.31. The van der Waals surface area contributed by atoms with Crippen molar-refractivity contribution in [1.29, 1.82) is 0 Å². The second-order valence-electron chi connectivity index (χ2n) is 4.45. The SMILES string of the molecule is CCCNC(c1cncnc1)c1ccc(Cl)cc1OC. The molecule has 1 aromatic carbocycles. The number of benzene rings is 1. The predicted octanol–water partition coefficient (Wildman–Crippen LogP) is 3.23. The van der Waals surface area contributed by atoms with E-state index in [9.17, 15) is 0 Å². The Bertz CT molecular complexity index is 548. The van der Waals surface area contributed by atoms with E-state index >= 15 is 0 Å². The zero-order chi connectivity index (χ0) is 14.4. The van der Waals surface area contributed by atoms with E-state index in [2.05, 4.69) is 22.2 Å². The lowest BCUT2D eigenvalue weighted by Gasteiger charge is -2.21. The Hall–Kier alpha value is -1.65. The molecular formula is C15H18ClN3O. The van der Waals surface area contributed by atoms with Crippen molar-refractivity contribution in [1.82, 2.24) is 15.3 Å². The second kappa shape index (κ2) is 7.22. The Morgan fingerprint density at radius 3 is 2.70 bits per heavy atom. The molecule has 0 amide bonds. The van der Waals surface area contributed by atoms with Crippen LogP contribution in [0.1, 0.15) is 30.5 Å². The minimum absolute atomic E-state index is 0.0108. The van der Waals surface area contributed by atoms with Crippen LogP contribution in [0.4, 0.5) is 0 Å². The van der Waals surface area contributed by atoms with Crippen LogP contribution in [0.25, 0.3) is 0 Å². The van der Waals surface area contributed by atoms with E-state index in [4.69, 9.17) is 16.3 Å². The first-order chi connectivity index (χ1) is 9.76. The summed E-state index contributed by atoms with van der Waals surface area (Å²) in [7, 11) is 1.65. The second-order valence-corrected chi connectivity index (χ2v) is 4.88. The molecule has 0 radical (unpaired) electrons. The molecule has 2 aromatic rings. The molecule has 1 aromatic heterocycles. The van der Waals surface area contributed by atoms with Crippen molar-refractivity contribution in [3.8, 4) is 5.75 Å². The number of ether oxygens (including phenoxy) is 1. The van der Waals surface area contributed by atoms with Gasteiger partial charge in [0.2, 0.25) is 0 Å². The fourth-order valence-electron chi connectivity index (χ4n) is 2.08. The lowest BCUT2D eigenvalue weighted by atomic mass is 10.00. The van der Waals surface area contributed by atoms with Gasteiger partial charge < -0.3 is 10.1 Å². The van der Waals surface area contributed by atoms with Crippen molar-refractivity contribution < 1.29 is 4.74 Å². The smallest absolute Gasteiger partial charge is 0.125 e. The molecule has 0 aliphatic rings. The van der Waals surface area contributed by atoms with Gasteiger partial charge in [0, 0.05) is 28.5 Å². The van der Waals surface area contributed by atoms with Gasteiger partial charge in [0.05, 0.1) is 13.2 Å². The molecule has 0 spiro atoms. The highest BCUT2D eigenvalue weighted by molar-refractivity contribution is 6.30. The summed E-state index contributed by atoms with van der Waals surface area (Å²) in [5.41, 5.74) is 2.03. The zero-order valence-electron chi connectivity index (χ0n) is 11.6. The van der Waals surface area contributed by atoms with Crippen molar-refractivity contribution in [3.63, 3.8) is 0 Å². The van der Waals surface area contributed by atoms with Gasteiger partial charge in [-0.2, -0.15) is 0 Å². The first-order valence-electron chi connectivity index (χ1n) is 6.58. The van der Waals surface area contributed by atoms with E-state index < -0.39 is 0 Å². The largest absolute Gasteiger partial charge is 0.496 e. The quantitative estimate of drug-likeness (QED) is 0.888. The molecular weight excluding hydrogens is 274 g/mol. The van der Waals surface area contributed by atoms with Gasteiger partial charge in [0.1, 0.15) is 12.1 Å². The Balaban J connectivity index is 2.41. The van der Waals surface area contributed by atoms with Crippen LogP contribution in [0.3, 0.4) is 0 Å². The monoisotopic (exact) mass is 291 g/mol. The van der Waals surface area contributed by atoms with E-state index in [-0.39, 0.29) is 6.04 Å². The molecule has 1 heterocycles. The van der Waals surface area contributed by atoms with Crippen molar-refractivity contribution in [2.45, 2.75) is 19.4 Å². The molecule has 0 aliphatic heterocycles. The summed E-state index contributed by atoms with van der Waals surface area (Å²) in [5.74, 6) is 0.759. The van der Waals surface area contributed by atoms with Gasteiger partial charge in [0.25, 0.3) is 0 Å². The Morgan fingerprint density at radius 1 is 1.30 bits per heavy atom. The molecule has 1 atom stereocenters. The highest BCUT2D eigenvalue weighted by atomic mass is 35.5. The van der Waals surface area contributed by atoms with Crippen LogP contribution in [-0.2, 0) is 0 Å². The topological polar surface area (TPSA) is 47.0 Å². The van der Waals surface area contributed by atoms with E-state index in [1.807, 2.05) is 30.6 Å². The number of hydrogen-bond acceptors (Lipinski definition) is 4. The number of halogens is 1. The van der Waals surface area contributed by atoms with E-state index in [1.165, 1.54) is 6.33 Å². The van der Waals surface area contributed by atoms with Crippen molar-refractivity contribution in [2.24, 2.45) is 0 Å². The van der Waals surface area contributed by atoms with E-state index in [0.717, 1.165) is 29.8 Å². The van der Waals surface area contributed by atoms with Gasteiger partial charge in [-0.15, -0.1) is 0 Å². The molecule has 1 N–H and O–H groups in total. The molecule has 0 saturated heterocycles. The van der Waals surface area contributed by atoms with Crippen LogP contribution in [0.5, 0.6) is 5.75 Å². The maximum absolute atomic E-state index is 6.03. The molecule has 0 saturated carbocycles. The minimum Gasteiger partial charge on any atom is -0.496 e. The summed E-state index contributed by atoms with van der Waals surface area (Å²) in [6, 6.07) is 5.65. The number of hydrogen-bond donors (Lipinski definition) is 1. The van der Waals surface area contributed by atoms with E-state index in [1.54, 1.807) is 7.11 Å². The fraction of sp³-hybridized carbons (Fsp3) is 0.333. The average Bonchev–Trinajstić information content (AvgIpc) is 2.49. The lowest BCUT2D eigenvalue weighted by Crippen LogP contribution is -2.24. The number of nitrogens with one attached hydrogen (secondary N) is 1. The van der Waals surface area contributed by atoms with Gasteiger partial charge in [-0.1, -0.05) is 24.6 Å². The Morgan fingerprint density at radius 2 is 2.05 bits per heavy atom. The highest BCUT2D eigenvalue weighted by Gasteiger charge is 2.18. The standard InChI is InChI=1S/C15H18ClN3O/c1-3-6-19-15(11-8-17-10-18-9-11)13-5-4-12(16)7-14(13)20-2/h4-5,7-10,15,19H,3,6H2,1-2H3. The van der Waals surface area contributed by atoms with Gasteiger partial charge in [-0.05, 0) is 25.1 Å². The van der Waals surface area contributed by atoms with Crippen molar-refractivity contribution in [3.05, 3.63) is 53.1 Å². The van der Waals surface area contributed by atoms with Crippen LogP contribution in [0.15, 0.2) is 36.9 Å². The van der Waals surface area contributed by atoms with Crippen molar-refractivity contribution in [2.75, 3.05) is 13.7 Å². The molecule has 20 heavy (non-hydrogen) atoms. The van der Waals surface area contributed by atoms with Gasteiger partial charge in [0.15, 0.2) is 0 Å². The first kappa shape index (κ1) is 14.8. The molecule has 0 bridgehead atoms. The molecule has 1 unspecified atom stereocenters. The maximum atomic E-state index is 6.03. The summed E-state index contributed by atoms with van der Waals surface area (Å²) in [6.45, 7) is 3.02. The van der Waals surface area contributed by atoms with Gasteiger partial charge >= 0.3 is 0 Å². The van der Waals surface area contributed by atoms with Crippen molar-refractivity contribution >= 4 is 11.6 Å². The van der Waals surface area contributed by atoms with Gasteiger partial charge in [-0.3, -0.25) is 0 Å². The van der Waals surface area contributed by atoms with Crippen LogP contribution in [-0.4, -0.2) is 23.6 Å². The Labute approximate surface area is 124 Å². The number of nitrogens with zero attached hydrogens (tertiary/aromatic N) is 2. The fourth-order valence-corrected chi connectivity index (χ4v) is 2.24. The Kier molecular flexibility index (Phi) is 5.32. The molecule has 0 aliphatic carbocycles. The van der Waals surface area contributed by atoms with Crippen LogP contribution >= 0.6 is 11.6 Å². The molecule has 106 valence electrons. The molecule has 4 nitrogen and oxygen atoms in total. The van der Waals surface area contributed by atoms with Gasteiger partial charge in [-0.25, -0.2) is 9.97 Å². The van der Waals surface area contributed by atoms with E-state index in [0.29, 0.717) is 5.02 Å². The van der Waals surface area contributed by atoms with Crippen LogP contribution < -0.4 is 10.1 Å². The summed E-state index contributed by atoms with van der Waals surface area (Å²) >= 11 is 6.03. The molecule has 5 heteroatoms.